The van der Waals surface area contributed by atoms with Gasteiger partial charge in [0.2, 0.25) is 0 Å². The number of hydrogen-bond donors (Lipinski definition) is 1. The molecule has 3 aromatic rings. The molecule has 0 aromatic carbocycles. The van der Waals surface area contributed by atoms with Crippen LogP contribution in [-0.2, 0) is 32.4 Å². The monoisotopic (exact) mass is 681 g/mol. The predicted molar refractivity (Wildman–Crippen MR) is 105 cm³/mol. The maximum absolute atomic E-state index is 13.8. The van der Waals surface area contributed by atoms with Gasteiger partial charge < -0.3 is 15.1 Å². The van der Waals surface area contributed by atoms with E-state index in [4.69, 9.17) is 5.11 Å². The van der Waals surface area contributed by atoms with Crippen molar-refractivity contribution < 1.29 is 61.7 Å². The van der Waals surface area contributed by atoms with Gasteiger partial charge in [0.1, 0.15) is 5.69 Å². The Bertz CT molecular complexity index is 1220. The van der Waals surface area contributed by atoms with E-state index in [9.17, 15) is 35.5 Å². The average molecular weight is 681 g/mol. The van der Waals surface area contributed by atoms with E-state index in [1.165, 1.54) is 24.3 Å². The molecule has 3 rings (SSSR count). The van der Waals surface area contributed by atoms with Crippen molar-refractivity contribution in [3.63, 3.8) is 0 Å². The van der Waals surface area contributed by atoms with Crippen LogP contribution in [0.2, 0.25) is 0 Å². The molecule has 0 aliphatic heterocycles. The van der Waals surface area contributed by atoms with Gasteiger partial charge in [-0.15, -0.1) is 17.7 Å². The number of nitrogens with zero attached hydrogens (tertiary/aromatic N) is 3. The Labute approximate surface area is 208 Å². The van der Waals surface area contributed by atoms with Gasteiger partial charge in [-0.2, -0.15) is 22.0 Å². The van der Waals surface area contributed by atoms with Crippen LogP contribution >= 0.6 is 0 Å². The molecule has 0 saturated heterocycles. The molecule has 190 valence electrons. The Balaban J connectivity index is 0.00000432. The number of carbonyl (C=O) groups is 1. The minimum atomic E-state index is -6.48. The Hall–Kier alpha value is -2.88. The Morgan fingerprint density at radius 3 is 1.97 bits per heavy atom. The molecule has 3 aromatic heterocycles. The second-order valence-electron chi connectivity index (χ2n) is 7.74. The maximum atomic E-state index is 13.8. The summed E-state index contributed by atoms with van der Waals surface area (Å²) >= 11 is 0. The number of aromatic nitrogens is 3. The van der Waals surface area contributed by atoms with Crippen LogP contribution in [0.1, 0.15) is 41.4 Å². The van der Waals surface area contributed by atoms with Crippen molar-refractivity contribution in [2.45, 2.75) is 37.3 Å². The van der Waals surface area contributed by atoms with Crippen molar-refractivity contribution in [3.8, 4) is 11.3 Å². The van der Waals surface area contributed by atoms with Crippen LogP contribution in [0, 0.1) is 6.07 Å². The third-order valence-electron chi connectivity index (χ3n) is 5.04. The fourth-order valence-corrected chi connectivity index (χ4v) is 2.97. The van der Waals surface area contributed by atoms with Crippen LogP contribution in [0.15, 0.2) is 48.7 Å². The first-order valence-electron chi connectivity index (χ1n) is 9.48. The average Bonchev–Trinajstić information content (AvgIpc) is 2.78. The molecular formula is C22H15F7N3O2Pt-. The summed E-state index contributed by atoms with van der Waals surface area (Å²) in [7, 11) is 0. The number of pyridine rings is 3. The molecule has 0 aliphatic carbocycles. The van der Waals surface area contributed by atoms with E-state index in [0.29, 0.717) is 17.6 Å². The molecule has 13 heteroatoms. The minimum Gasteiger partial charge on any atom is -0.477 e. The number of rotatable bonds is 6. The van der Waals surface area contributed by atoms with E-state index < -0.39 is 35.1 Å². The molecule has 3 heterocycles. The Morgan fingerprint density at radius 1 is 0.886 bits per heavy atom. The summed E-state index contributed by atoms with van der Waals surface area (Å²) in [6.45, 7) is 3.41. The predicted octanol–water partition coefficient (Wildman–Crippen LogP) is 5.65. The molecule has 0 fully saturated rings. The standard InChI is InChI=1S/C22H15F7N3O2.Pt/c1-19(2,16-8-4-6-14(32-16)18(33)34)15-7-3-5-13(31-15)12-9-10-17(30-11-12)20(23,24)21(25,26)22(27,28)29;/h3-8,10-11H,1-2H3,(H,33,34);/q-1;. The Morgan fingerprint density at radius 2 is 1.46 bits per heavy atom. The topological polar surface area (TPSA) is 76.0 Å². The number of hydrogen-bond acceptors (Lipinski definition) is 4. The molecule has 0 unspecified atom stereocenters. The molecule has 0 radical (unpaired) electrons. The third-order valence-corrected chi connectivity index (χ3v) is 5.04. The van der Waals surface area contributed by atoms with Crippen molar-refractivity contribution in [1.29, 1.82) is 0 Å². The second-order valence-corrected chi connectivity index (χ2v) is 7.74. The maximum Gasteiger partial charge on any atom is 0.459 e. The van der Waals surface area contributed by atoms with Gasteiger partial charge in [-0.25, -0.2) is 18.6 Å². The largest absolute Gasteiger partial charge is 0.477 e. The van der Waals surface area contributed by atoms with Gasteiger partial charge >= 0.3 is 24.0 Å². The molecule has 0 saturated carbocycles. The molecule has 0 bridgehead atoms. The molecule has 0 amide bonds. The molecule has 0 atom stereocenters. The van der Waals surface area contributed by atoms with Gasteiger partial charge in [0, 0.05) is 37.9 Å². The van der Waals surface area contributed by atoms with Crippen molar-refractivity contribution in [3.05, 3.63) is 77.5 Å². The summed E-state index contributed by atoms with van der Waals surface area (Å²) in [6, 6.07) is 11.4. The summed E-state index contributed by atoms with van der Waals surface area (Å²) in [5, 5.41) is 9.16. The zero-order valence-electron chi connectivity index (χ0n) is 17.8. The summed E-state index contributed by atoms with van der Waals surface area (Å²) < 4.78 is 91.4. The molecule has 35 heavy (non-hydrogen) atoms. The fraction of sp³-hybridized carbons (Fsp3) is 0.273. The van der Waals surface area contributed by atoms with E-state index in [2.05, 4.69) is 21.0 Å². The normalized spacial score (nSPS) is 12.7. The molecule has 5 nitrogen and oxygen atoms in total. The van der Waals surface area contributed by atoms with Crippen LogP contribution in [0.3, 0.4) is 0 Å². The molecule has 0 aliphatic rings. The number of alkyl halides is 7. The van der Waals surface area contributed by atoms with E-state index in [0.717, 1.165) is 0 Å². The van der Waals surface area contributed by atoms with Crippen molar-refractivity contribution >= 4 is 5.97 Å². The SMILES string of the molecule is CC(C)(c1cccc(C(=O)O)n1)c1cccc(-c2[c-]cc(C(F)(F)C(F)(F)C(F)(F)F)nc2)n1.[Pt]. The van der Waals surface area contributed by atoms with E-state index in [-0.39, 0.29) is 44.1 Å². The number of carboxylic acids is 1. The van der Waals surface area contributed by atoms with Crippen molar-refractivity contribution in [2.75, 3.05) is 0 Å². The van der Waals surface area contributed by atoms with E-state index in [1.54, 1.807) is 26.0 Å². The molecule has 0 spiro atoms. The van der Waals surface area contributed by atoms with Gasteiger partial charge in [-0.1, -0.05) is 24.4 Å². The minimum absolute atomic E-state index is 0. The van der Waals surface area contributed by atoms with Gasteiger partial charge in [0.25, 0.3) is 0 Å². The van der Waals surface area contributed by atoms with E-state index >= 15 is 0 Å². The second kappa shape index (κ2) is 9.64. The first-order valence-corrected chi connectivity index (χ1v) is 9.48. The summed E-state index contributed by atoms with van der Waals surface area (Å²) in [4.78, 5) is 22.8. The Kier molecular flexibility index (Phi) is 7.81. The first-order chi connectivity index (χ1) is 15.6. The molecular weight excluding hydrogens is 666 g/mol. The van der Waals surface area contributed by atoms with Crippen LogP contribution in [-0.4, -0.2) is 38.1 Å². The van der Waals surface area contributed by atoms with Crippen LogP contribution in [0.4, 0.5) is 30.7 Å². The first kappa shape index (κ1) is 28.4. The summed E-state index contributed by atoms with van der Waals surface area (Å²) in [6.07, 6.45) is -5.82. The zero-order valence-corrected chi connectivity index (χ0v) is 20.1. The number of carboxylic acid groups (broad SMARTS) is 1. The van der Waals surface area contributed by atoms with Crippen LogP contribution < -0.4 is 0 Å². The van der Waals surface area contributed by atoms with E-state index in [1.807, 2.05) is 0 Å². The van der Waals surface area contributed by atoms with Gasteiger partial charge in [-0.05, 0) is 37.7 Å². The number of halogens is 7. The van der Waals surface area contributed by atoms with Crippen LogP contribution in [0.5, 0.6) is 0 Å². The van der Waals surface area contributed by atoms with Gasteiger partial charge in [0.15, 0.2) is 0 Å². The summed E-state index contributed by atoms with van der Waals surface area (Å²) in [5.41, 5.74) is -2.09. The molecule has 1 N–H and O–H groups in total. The van der Waals surface area contributed by atoms with Gasteiger partial charge in [-0.3, -0.25) is 0 Å². The van der Waals surface area contributed by atoms with Crippen molar-refractivity contribution in [2.24, 2.45) is 0 Å². The van der Waals surface area contributed by atoms with Crippen LogP contribution in [0.25, 0.3) is 11.3 Å². The van der Waals surface area contributed by atoms with Crippen molar-refractivity contribution in [1.82, 2.24) is 15.0 Å². The smallest absolute Gasteiger partial charge is 0.459 e. The quantitative estimate of drug-likeness (QED) is 0.269. The summed E-state index contributed by atoms with van der Waals surface area (Å²) in [5.74, 6) is -13.2. The zero-order chi connectivity index (χ0) is 25.5. The number of aromatic carboxylic acids is 1. The van der Waals surface area contributed by atoms with Gasteiger partial charge in [0.05, 0.1) is 5.69 Å². The fourth-order valence-electron chi connectivity index (χ4n) is 2.97. The third kappa shape index (κ3) is 5.22.